The maximum absolute atomic E-state index is 9.79. The highest BCUT2D eigenvalue weighted by atomic mass is 16.3. The highest BCUT2D eigenvalue weighted by molar-refractivity contribution is 5.11. The molecule has 0 spiro atoms. The predicted octanol–water partition coefficient (Wildman–Crippen LogP) is 1.56. The molecule has 1 aromatic rings. The molecule has 3 heteroatoms. The molecular formula is C9H14N2O. The summed E-state index contributed by atoms with van der Waals surface area (Å²) in [5.41, 5.74) is 0.667. The summed E-state index contributed by atoms with van der Waals surface area (Å²) in [6.07, 6.45) is 2.70. The zero-order valence-electron chi connectivity index (χ0n) is 7.65. The Morgan fingerprint density at radius 2 is 2.00 bits per heavy atom. The molecule has 12 heavy (non-hydrogen) atoms. The van der Waals surface area contributed by atoms with Gasteiger partial charge < -0.3 is 5.11 Å². The third-order valence-corrected chi connectivity index (χ3v) is 1.74. The molecule has 66 valence electrons. The van der Waals surface area contributed by atoms with E-state index < -0.39 is 6.10 Å². The third kappa shape index (κ3) is 2.01. The fraction of sp³-hybridized carbons (Fsp3) is 0.556. The van der Waals surface area contributed by atoms with E-state index in [-0.39, 0.29) is 5.41 Å². The van der Waals surface area contributed by atoms with Gasteiger partial charge in [-0.05, 0) is 11.5 Å². The zero-order valence-corrected chi connectivity index (χ0v) is 7.65. The Morgan fingerprint density at radius 1 is 1.33 bits per heavy atom. The highest BCUT2D eigenvalue weighted by Gasteiger charge is 2.23. The molecule has 0 bridgehead atoms. The van der Waals surface area contributed by atoms with Crippen molar-refractivity contribution in [2.45, 2.75) is 26.9 Å². The minimum atomic E-state index is -0.479. The molecule has 0 aliphatic heterocycles. The van der Waals surface area contributed by atoms with Crippen molar-refractivity contribution in [2.75, 3.05) is 0 Å². The third-order valence-electron chi connectivity index (χ3n) is 1.74. The van der Waals surface area contributed by atoms with Crippen LogP contribution in [-0.4, -0.2) is 15.3 Å². The van der Waals surface area contributed by atoms with Gasteiger partial charge >= 0.3 is 0 Å². The first kappa shape index (κ1) is 9.13. The summed E-state index contributed by atoms with van der Waals surface area (Å²) >= 11 is 0. The Balaban J connectivity index is 2.86. The van der Waals surface area contributed by atoms with Gasteiger partial charge in [-0.3, -0.25) is 0 Å². The van der Waals surface area contributed by atoms with Crippen LogP contribution in [0.25, 0.3) is 0 Å². The fourth-order valence-electron chi connectivity index (χ4n) is 0.963. The molecule has 1 unspecified atom stereocenters. The van der Waals surface area contributed by atoms with Gasteiger partial charge in [0.05, 0.1) is 12.3 Å². The number of rotatable bonds is 1. The number of hydrogen-bond acceptors (Lipinski definition) is 3. The smallest absolute Gasteiger partial charge is 0.0854 e. The number of aliphatic hydroxyl groups is 1. The minimum absolute atomic E-state index is 0.150. The molecular weight excluding hydrogens is 152 g/mol. The first-order valence-corrected chi connectivity index (χ1v) is 3.96. The number of nitrogens with zero attached hydrogens (tertiary/aromatic N) is 2. The lowest BCUT2D eigenvalue weighted by molar-refractivity contribution is 0.0622. The second kappa shape index (κ2) is 3.19. The van der Waals surface area contributed by atoms with Crippen molar-refractivity contribution in [1.82, 2.24) is 10.2 Å². The van der Waals surface area contributed by atoms with Crippen molar-refractivity contribution in [1.29, 1.82) is 0 Å². The maximum atomic E-state index is 9.79. The molecule has 0 amide bonds. The summed E-state index contributed by atoms with van der Waals surface area (Å²) in [7, 11) is 0. The highest BCUT2D eigenvalue weighted by Crippen LogP contribution is 2.31. The van der Waals surface area contributed by atoms with E-state index in [1.807, 2.05) is 20.8 Å². The summed E-state index contributed by atoms with van der Waals surface area (Å²) in [4.78, 5) is 0. The van der Waals surface area contributed by atoms with Crippen LogP contribution in [0.3, 0.4) is 0 Å². The molecule has 1 heterocycles. The Labute approximate surface area is 72.5 Å². The van der Waals surface area contributed by atoms with Crippen LogP contribution in [0.2, 0.25) is 0 Å². The van der Waals surface area contributed by atoms with Crippen molar-refractivity contribution >= 4 is 0 Å². The Hall–Kier alpha value is -0.960. The molecule has 0 aromatic carbocycles. The average molecular weight is 166 g/mol. The zero-order chi connectivity index (χ0) is 9.19. The van der Waals surface area contributed by atoms with Gasteiger partial charge in [-0.15, -0.1) is 0 Å². The van der Waals surface area contributed by atoms with E-state index >= 15 is 0 Å². The van der Waals surface area contributed by atoms with Gasteiger partial charge in [0.15, 0.2) is 0 Å². The van der Waals surface area contributed by atoms with Crippen LogP contribution in [0.1, 0.15) is 32.4 Å². The van der Waals surface area contributed by atoms with Crippen molar-refractivity contribution < 1.29 is 5.11 Å². The molecule has 1 aromatic heterocycles. The molecule has 0 saturated carbocycles. The average Bonchev–Trinajstić information content (AvgIpc) is 2.03. The van der Waals surface area contributed by atoms with E-state index in [4.69, 9.17) is 0 Å². The van der Waals surface area contributed by atoms with Crippen LogP contribution in [0.15, 0.2) is 18.5 Å². The first-order valence-electron chi connectivity index (χ1n) is 3.96. The van der Waals surface area contributed by atoms with Gasteiger partial charge in [0.25, 0.3) is 0 Å². The van der Waals surface area contributed by atoms with E-state index in [1.165, 1.54) is 0 Å². The fourth-order valence-corrected chi connectivity index (χ4v) is 0.963. The monoisotopic (exact) mass is 166 g/mol. The van der Waals surface area contributed by atoms with Gasteiger partial charge in [0, 0.05) is 11.8 Å². The lowest BCUT2D eigenvalue weighted by Crippen LogP contribution is -2.17. The maximum Gasteiger partial charge on any atom is 0.0854 e. The van der Waals surface area contributed by atoms with Crippen LogP contribution in [-0.2, 0) is 0 Å². The summed E-state index contributed by atoms with van der Waals surface area (Å²) in [6, 6.07) is 1.78. The van der Waals surface area contributed by atoms with Crippen LogP contribution < -0.4 is 0 Å². The topological polar surface area (TPSA) is 46.0 Å². The summed E-state index contributed by atoms with van der Waals surface area (Å²) in [5.74, 6) is 0. The lowest BCUT2D eigenvalue weighted by atomic mass is 9.86. The Kier molecular flexibility index (Phi) is 2.43. The van der Waals surface area contributed by atoms with Crippen molar-refractivity contribution in [3.8, 4) is 0 Å². The summed E-state index contributed by atoms with van der Waals surface area (Å²) < 4.78 is 0. The van der Waals surface area contributed by atoms with Gasteiger partial charge in [0.2, 0.25) is 0 Å². The number of hydrogen-bond donors (Lipinski definition) is 1. The second-order valence-electron chi connectivity index (χ2n) is 3.94. The van der Waals surface area contributed by atoms with Crippen LogP contribution in [0, 0.1) is 5.41 Å². The molecule has 0 aliphatic rings. The standard InChI is InChI=1S/C9H14N2O/c1-9(2,3)8(12)7-4-5-10-11-6-7/h4-6,8,12H,1-3H3. The number of aliphatic hydroxyl groups excluding tert-OH is 1. The van der Waals surface area contributed by atoms with E-state index in [2.05, 4.69) is 10.2 Å². The van der Waals surface area contributed by atoms with Crippen LogP contribution in [0.4, 0.5) is 0 Å². The van der Waals surface area contributed by atoms with Crippen molar-refractivity contribution in [3.05, 3.63) is 24.0 Å². The van der Waals surface area contributed by atoms with E-state index in [1.54, 1.807) is 18.5 Å². The SMILES string of the molecule is CC(C)(C)C(O)c1ccnnc1. The minimum Gasteiger partial charge on any atom is -0.388 e. The molecule has 3 nitrogen and oxygen atoms in total. The Bertz CT molecular complexity index is 240. The van der Waals surface area contributed by atoms with Gasteiger partial charge in [-0.2, -0.15) is 10.2 Å². The quantitative estimate of drug-likeness (QED) is 0.688. The van der Waals surface area contributed by atoms with Gasteiger partial charge in [0.1, 0.15) is 0 Å². The Morgan fingerprint density at radius 3 is 2.42 bits per heavy atom. The van der Waals surface area contributed by atoms with E-state index in [9.17, 15) is 5.11 Å². The van der Waals surface area contributed by atoms with Crippen LogP contribution >= 0.6 is 0 Å². The lowest BCUT2D eigenvalue weighted by Gasteiger charge is -2.25. The molecule has 1 rings (SSSR count). The van der Waals surface area contributed by atoms with E-state index in [0.29, 0.717) is 0 Å². The summed E-state index contributed by atoms with van der Waals surface area (Å²) in [6.45, 7) is 5.95. The normalized spacial score (nSPS) is 14.3. The predicted molar refractivity (Wildman–Crippen MR) is 46.4 cm³/mol. The summed E-state index contributed by atoms with van der Waals surface area (Å²) in [5, 5.41) is 17.1. The van der Waals surface area contributed by atoms with Gasteiger partial charge in [-0.25, -0.2) is 0 Å². The molecule has 0 saturated heterocycles. The molecule has 1 atom stereocenters. The number of aromatic nitrogens is 2. The van der Waals surface area contributed by atoms with Gasteiger partial charge in [-0.1, -0.05) is 20.8 Å². The molecule has 0 fully saturated rings. The largest absolute Gasteiger partial charge is 0.388 e. The van der Waals surface area contributed by atoms with Crippen LogP contribution in [0.5, 0.6) is 0 Å². The second-order valence-corrected chi connectivity index (χ2v) is 3.94. The van der Waals surface area contributed by atoms with Crippen molar-refractivity contribution in [3.63, 3.8) is 0 Å². The molecule has 0 radical (unpaired) electrons. The van der Waals surface area contributed by atoms with Crippen molar-refractivity contribution in [2.24, 2.45) is 5.41 Å². The van der Waals surface area contributed by atoms with E-state index in [0.717, 1.165) is 5.56 Å². The molecule has 0 aliphatic carbocycles. The first-order chi connectivity index (χ1) is 5.52. The molecule has 1 N–H and O–H groups in total.